The van der Waals surface area contributed by atoms with E-state index in [1.165, 1.54) is 24.3 Å². The van der Waals surface area contributed by atoms with Gasteiger partial charge in [0, 0.05) is 29.9 Å². The van der Waals surface area contributed by atoms with Crippen LogP contribution in [0.4, 0.5) is 5.69 Å². The molecule has 0 unspecified atom stereocenters. The molecule has 0 bridgehead atoms. The van der Waals surface area contributed by atoms with Gasteiger partial charge in [0.15, 0.2) is 0 Å². The Kier molecular flexibility index (Phi) is 6.25. The van der Waals surface area contributed by atoms with Crippen molar-refractivity contribution < 1.29 is 13.2 Å². The Morgan fingerprint density at radius 1 is 1.00 bits per heavy atom. The van der Waals surface area contributed by atoms with E-state index < -0.39 is 10.0 Å². The molecule has 0 spiro atoms. The van der Waals surface area contributed by atoms with E-state index in [0.717, 1.165) is 11.1 Å². The van der Waals surface area contributed by atoms with Crippen LogP contribution < -0.4 is 4.72 Å². The van der Waals surface area contributed by atoms with Gasteiger partial charge in [-0.3, -0.25) is 9.52 Å². The molecule has 0 radical (unpaired) electrons. The minimum atomic E-state index is -3.73. The van der Waals surface area contributed by atoms with Gasteiger partial charge in [-0.2, -0.15) is 0 Å². The number of halogens is 1. The SMILES string of the molecule is Cc1cccc(CN(C)C(=O)c2ccc(NS(=O)(=O)c3ccc(Cl)cc3)cc2)c1. The lowest BCUT2D eigenvalue weighted by Crippen LogP contribution is -2.26. The third-order valence-corrected chi connectivity index (χ3v) is 6.01. The van der Waals surface area contributed by atoms with Crippen molar-refractivity contribution in [3.63, 3.8) is 0 Å². The van der Waals surface area contributed by atoms with E-state index in [4.69, 9.17) is 11.6 Å². The van der Waals surface area contributed by atoms with Gasteiger partial charge < -0.3 is 4.90 Å². The summed E-state index contributed by atoms with van der Waals surface area (Å²) in [5.41, 5.74) is 3.04. The van der Waals surface area contributed by atoms with Crippen LogP contribution in [-0.4, -0.2) is 26.3 Å². The lowest BCUT2D eigenvalue weighted by Gasteiger charge is -2.18. The standard InChI is InChI=1S/C22H21ClN2O3S/c1-16-4-3-5-17(14-16)15-25(2)22(26)18-6-10-20(11-7-18)24-29(27,28)21-12-8-19(23)9-13-21/h3-14,24H,15H2,1-2H3. The molecule has 0 saturated carbocycles. The summed E-state index contributed by atoms with van der Waals surface area (Å²) < 4.78 is 27.4. The third-order valence-electron chi connectivity index (χ3n) is 4.36. The molecule has 7 heteroatoms. The molecule has 0 aliphatic rings. The lowest BCUT2D eigenvalue weighted by molar-refractivity contribution is 0.0785. The summed E-state index contributed by atoms with van der Waals surface area (Å²) in [7, 11) is -1.99. The maximum absolute atomic E-state index is 12.7. The van der Waals surface area contributed by atoms with Gasteiger partial charge in [-0.15, -0.1) is 0 Å². The van der Waals surface area contributed by atoms with Gasteiger partial charge in [0.05, 0.1) is 4.90 Å². The highest BCUT2D eigenvalue weighted by molar-refractivity contribution is 7.92. The first kappa shape index (κ1) is 20.9. The molecule has 0 heterocycles. The van der Waals surface area contributed by atoms with E-state index in [1.54, 1.807) is 36.2 Å². The molecule has 1 N–H and O–H groups in total. The molecule has 3 rings (SSSR count). The number of anilines is 1. The van der Waals surface area contributed by atoms with Crippen LogP contribution in [0.3, 0.4) is 0 Å². The molecule has 0 aliphatic heterocycles. The Balaban J connectivity index is 1.69. The molecular weight excluding hydrogens is 408 g/mol. The predicted octanol–water partition coefficient (Wildman–Crippen LogP) is 4.72. The lowest BCUT2D eigenvalue weighted by atomic mass is 10.1. The van der Waals surface area contributed by atoms with Gasteiger partial charge in [-0.1, -0.05) is 41.4 Å². The van der Waals surface area contributed by atoms with E-state index in [1.807, 2.05) is 31.2 Å². The number of hydrogen-bond donors (Lipinski definition) is 1. The number of amides is 1. The topological polar surface area (TPSA) is 66.5 Å². The zero-order valence-electron chi connectivity index (χ0n) is 16.1. The quantitative estimate of drug-likeness (QED) is 0.617. The van der Waals surface area contributed by atoms with Crippen LogP contribution in [0.5, 0.6) is 0 Å². The number of nitrogens with zero attached hydrogens (tertiary/aromatic N) is 1. The van der Waals surface area contributed by atoms with Crippen molar-refractivity contribution in [2.45, 2.75) is 18.4 Å². The molecule has 0 aliphatic carbocycles. The van der Waals surface area contributed by atoms with Gasteiger partial charge in [-0.25, -0.2) is 8.42 Å². The Morgan fingerprint density at radius 2 is 1.66 bits per heavy atom. The van der Waals surface area contributed by atoms with Crippen LogP contribution in [-0.2, 0) is 16.6 Å². The summed E-state index contributed by atoms with van der Waals surface area (Å²) in [6.07, 6.45) is 0. The Bertz CT molecular complexity index is 1110. The number of aryl methyl sites for hydroxylation is 1. The number of rotatable bonds is 6. The van der Waals surface area contributed by atoms with Crippen molar-refractivity contribution >= 4 is 33.2 Å². The second kappa shape index (κ2) is 8.68. The van der Waals surface area contributed by atoms with Crippen LogP contribution in [0.1, 0.15) is 21.5 Å². The molecule has 3 aromatic rings. The monoisotopic (exact) mass is 428 g/mol. The molecule has 0 atom stereocenters. The number of sulfonamides is 1. The Labute approximate surface area is 176 Å². The maximum Gasteiger partial charge on any atom is 0.261 e. The van der Waals surface area contributed by atoms with E-state index >= 15 is 0 Å². The fraction of sp³-hybridized carbons (Fsp3) is 0.136. The van der Waals surface area contributed by atoms with Crippen molar-refractivity contribution in [1.82, 2.24) is 4.90 Å². The van der Waals surface area contributed by atoms with Crippen molar-refractivity contribution in [3.05, 3.63) is 94.5 Å². The number of carbonyl (C=O) groups excluding carboxylic acids is 1. The number of hydrogen-bond acceptors (Lipinski definition) is 3. The summed E-state index contributed by atoms with van der Waals surface area (Å²) >= 11 is 5.80. The molecule has 29 heavy (non-hydrogen) atoms. The normalized spacial score (nSPS) is 11.1. The average molecular weight is 429 g/mol. The number of nitrogens with one attached hydrogen (secondary N) is 1. The average Bonchev–Trinajstić information content (AvgIpc) is 2.68. The summed E-state index contributed by atoms with van der Waals surface area (Å²) in [5.74, 6) is -0.140. The Hall–Kier alpha value is -2.83. The van der Waals surface area contributed by atoms with Crippen LogP contribution in [0, 0.1) is 6.92 Å². The van der Waals surface area contributed by atoms with Crippen LogP contribution in [0.25, 0.3) is 0 Å². The summed E-state index contributed by atoms with van der Waals surface area (Å²) in [5, 5.41) is 0.460. The third kappa shape index (κ3) is 5.37. The summed E-state index contributed by atoms with van der Waals surface area (Å²) in [6, 6.07) is 20.2. The van der Waals surface area contributed by atoms with E-state index in [2.05, 4.69) is 4.72 Å². The first-order valence-electron chi connectivity index (χ1n) is 8.94. The molecule has 0 aromatic heterocycles. The smallest absolute Gasteiger partial charge is 0.261 e. The molecule has 150 valence electrons. The number of carbonyl (C=O) groups is 1. The summed E-state index contributed by atoms with van der Waals surface area (Å²) in [6.45, 7) is 2.50. The minimum Gasteiger partial charge on any atom is -0.337 e. The van der Waals surface area contributed by atoms with E-state index in [9.17, 15) is 13.2 Å². The first-order chi connectivity index (χ1) is 13.7. The van der Waals surface area contributed by atoms with Gasteiger partial charge in [-0.05, 0) is 61.0 Å². The van der Waals surface area contributed by atoms with Crippen molar-refractivity contribution in [3.8, 4) is 0 Å². The van der Waals surface area contributed by atoms with Crippen molar-refractivity contribution in [2.24, 2.45) is 0 Å². The zero-order chi connectivity index (χ0) is 21.0. The van der Waals surface area contributed by atoms with Crippen LogP contribution in [0.2, 0.25) is 5.02 Å². The molecule has 0 saturated heterocycles. The highest BCUT2D eigenvalue weighted by atomic mass is 35.5. The second-order valence-electron chi connectivity index (χ2n) is 6.79. The van der Waals surface area contributed by atoms with E-state index in [0.29, 0.717) is 22.8 Å². The zero-order valence-corrected chi connectivity index (χ0v) is 17.7. The highest BCUT2D eigenvalue weighted by Gasteiger charge is 2.16. The van der Waals surface area contributed by atoms with Gasteiger partial charge >= 0.3 is 0 Å². The van der Waals surface area contributed by atoms with Gasteiger partial charge in [0.25, 0.3) is 15.9 Å². The summed E-state index contributed by atoms with van der Waals surface area (Å²) in [4.78, 5) is 14.4. The van der Waals surface area contributed by atoms with Gasteiger partial charge in [0.2, 0.25) is 0 Å². The maximum atomic E-state index is 12.7. The van der Waals surface area contributed by atoms with Gasteiger partial charge in [0.1, 0.15) is 0 Å². The molecule has 3 aromatic carbocycles. The molecule has 5 nitrogen and oxygen atoms in total. The van der Waals surface area contributed by atoms with Crippen LogP contribution in [0.15, 0.2) is 77.7 Å². The van der Waals surface area contributed by atoms with Crippen molar-refractivity contribution in [2.75, 3.05) is 11.8 Å². The number of benzene rings is 3. The largest absolute Gasteiger partial charge is 0.337 e. The minimum absolute atomic E-state index is 0.111. The fourth-order valence-corrected chi connectivity index (χ4v) is 4.07. The second-order valence-corrected chi connectivity index (χ2v) is 8.91. The first-order valence-corrected chi connectivity index (χ1v) is 10.8. The van der Waals surface area contributed by atoms with Crippen molar-refractivity contribution in [1.29, 1.82) is 0 Å². The Morgan fingerprint density at radius 3 is 2.28 bits per heavy atom. The van der Waals surface area contributed by atoms with Crippen LogP contribution >= 0.6 is 11.6 Å². The van der Waals surface area contributed by atoms with E-state index in [-0.39, 0.29) is 10.8 Å². The molecule has 0 fully saturated rings. The molecular formula is C22H21ClN2O3S. The predicted molar refractivity (Wildman–Crippen MR) is 116 cm³/mol. The highest BCUT2D eigenvalue weighted by Crippen LogP contribution is 2.19. The molecule has 1 amide bonds. The fourth-order valence-electron chi connectivity index (χ4n) is 2.89.